The molecular formula is C13H17N3O3S. The minimum absolute atomic E-state index is 0.0687. The Morgan fingerprint density at radius 2 is 2.10 bits per heavy atom. The Morgan fingerprint density at radius 1 is 1.35 bits per heavy atom. The van der Waals surface area contributed by atoms with Crippen LogP contribution in [0.4, 0.5) is 0 Å². The number of hydrogen-bond donors (Lipinski definition) is 0. The fourth-order valence-electron chi connectivity index (χ4n) is 1.77. The summed E-state index contributed by atoms with van der Waals surface area (Å²) in [6.07, 6.45) is 1.57. The lowest BCUT2D eigenvalue weighted by molar-refractivity contribution is -0.127. The third kappa shape index (κ3) is 3.22. The molecule has 0 aliphatic heterocycles. The molecule has 0 aromatic carbocycles. The third-order valence-corrected chi connectivity index (χ3v) is 3.73. The van der Waals surface area contributed by atoms with Crippen molar-refractivity contribution in [2.45, 2.75) is 26.0 Å². The largest absolute Gasteiger partial charge is 0.469 e. The average Bonchev–Trinajstić information content (AvgIpc) is 3.06. The molecule has 0 aliphatic rings. The van der Waals surface area contributed by atoms with Gasteiger partial charge in [-0.3, -0.25) is 4.79 Å². The van der Waals surface area contributed by atoms with Gasteiger partial charge in [-0.05, 0) is 26.8 Å². The summed E-state index contributed by atoms with van der Waals surface area (Å²) in [5.74, 6) is 1.51. The van der Waals surface area contributed by atoms with Gasteiger partial charge < -0.3 is 13.7 Å². The summed E-state index contributed by atoms with van der Waals surface area (Å²) in [6, 6.07) is 1.78. The topological polar surface area (TPSA) is 72.4 Å². The van der Waals surface area contributed by atoms with Gasteiger partial charge in [-0.25, -0.2) is 0 Å². The van der Waals surface area contributed by atoms with Crippen molar-refractivity contribution < 1.29 is 13.6 Å². The lowest BCUT2D eigenvalue weighted by atomic mass is 10.3. The Bertz CT molecular complexity index is 575. The molecule has 2 aromatic rings. The molecule has 0 atom stereocenters. The zero-order valence-corrected chi connectivity index (χ0v) is 12.6. The zero-order valence-electron chi connectivity index (χ0n) is 11.8. The molecule has 0 bridgehead atoms. The molecule has 0 saturated carbocycles. The molecule has 0 radical (unpaired) electrons. The molecule has 0 fully saturated rings. The molecule has 0 unspecified atom stereocenters. The van der Waals surface area contributed by atoms with Gasteiger partial charge >= 0.3 is 0 Å². The Labute approximate surface area is 121 Å². The minimum atomic E-state index is 0.0687. The van der Waals surface area contributed by atoms with E-state index in [1.165, 1.54) is 11.8 Å². The van der Waals surface area contributed by atoms with Crippen molar-refractivity contribution in [1.82, 2.24) is 15.1 Å². The normalized spacial score (nSPS) is 10.8. The van der Waals surface area contributed by atoms with E-state index in [1.54, 1.807) is 17.2 Å². The maximum Gasteiger partial charge on any atom is 0.277 e. The van der Waals surface area contributed by atoms with Crippen LogP contribution in [0.5, 0.6) is 0 Å². The van der Waals surface area contributed by atoms with E-state index in [1.807, 2.05) is 20.8 Å². The summed E-state index contributed by atoms with van der Waals surface area (Å²) in [5, 5.41) is 8.28. The number of amides is 1. The van der Waals surface area contributed by atoms with Crippen molar-refractivity contribution in [1.29, 1.82) is 0 Å². The van der Waals surface area contributed by atoms with Crippen LogP contribution < -0.4 is 0 Å². The third-order valence-electron chi connectivity index (χ3n) is 2.93. The van der Waals surface area contributed by atoms with Crippen molar-refractivity contribution in [3.8, 4) is 11.5 Å². The monoisotopic (exact) mass is 295 g/mol. The predicted molar refractivity (Wildman–Crippen MR) is 75.4 cm³/mol. The fourth-order valence-corrected chi connectivity index (χ4v) is 2.44. The summed E-state index contributed by atoms with van der Waals surface area (Å²) in [5.41, 5.74) is 0.777. The molecule has 2 aromatic heterocycles. The number of rotatable bonds is 6. The van der Waals surface area contributed by atoms with E-state index in [0.29, 0.717) is 30.0 Å². The molecule has 0 N–H and O–H groups in total. The molecule has 108 valence electrons. The first kappa shape index (κ1) is 14.6. The molecule has 2 heterocycles. The number of thioether (sulfide) groups is 1. The average molecular weight is 295 g/mol. The first-order chi connectivity index (χ1) is 9.65. The van der Waals surface area contributed by atoms with Crippen LogP contribution in [0, 0.1) is 6.92 Å². The predicted octanol–water partition coefficient (Wildman–Crippen LogP) is 2.60. The van der Waals surface area contributed by atoms with Crippen molar-refractivity contribution in [3.05, 3.63) is 18.1 Å². The highest BCUT2D eigenvalue weighted by Crippen LogP contribution is 2.26. The molecule has 7 heteroatoms. The summed E-state index contributed by atoms with van der Waals surface area (Å²) in [7, 11) is 0. The van der Waals surface area contributed by atoms with E-state index in [2.05, 4.69) is 10.2 Å². The van der Waals surface area contributed by atoms with Crippen LogP contribution in [0.15, 0.2) is 26.4 Å². The zero-order chi connectivity index (χ0) is 14.5. The summed E-state index contributed by atoms with van der Waals surface area (Å²) in [4.78, 5) is 13.6. The summed E-state index contributed by atoms with van der Waals surface area (Å²) < 4.78 is 10.7. The maximum absolute atomic E-state index is 11.9. The quantitative estimate of drug-likeness (QED) is 0.763. The van der Waals surface area contributed by atoms with E-state index in [-0.39, 0.29) is 5.91 Å². The summed E-state index contributed by atoms with van der Waals surface area (Å²) in [6.45, 7) is 7.16. The second-order valence-corrected chi connectivity index (χ2v) is 5.04. The molecule has 0 spiro atoms. The van der Waals surface area contributed by atoms with Crippen LogP contribution in [0.2, 0.25) is 0 Å². The number of furan rings is 1. The lowest BCUT2D eigenvalue weighted by Gasteiger charge is -2.17. The highest BCUT2D eigenvalue weighted by Gasteiger charge is 2.15. The second kappa shape index (κ2) is 6.60. The van der Waals surface area contributed by atoms with Crippen molar-refractivity contribution in [2.75, 3.05) is 18.8 Å². The Hall–Kier alpha value is -1.76. The highest BCUT2D eigenvalue weighted by molar-refractivity contribution is 7.99. The fraction of sp³-hybridized carbons (Fsp3) is 0.462. The number of carbonyl (C=O) groups is 1. The standard InChI is InChI=1S/C13H17N3O3S/c1-4-16(5-2)11(17)8-20-13-15-14-12(19-13)10-6-7-18-9(10)3/h6-7H,4-5,8H2,1-3H3. The van der Waals surface area contributed by atoms with Gasteiger partial charge in [0.2, 0.25) is 5.91 Å². The van der Waals surface area contributed by atoms with Crippen LogP contribution in [0.1, 0.15) is 19.6 Å². The van der Waals surface area contributed by atoms with Crippen LogP contribution in [-0.4, -0.2) is 39.8 Å². The van der Waals surface area contributed by atoms with Crippen LogP contribution in [-0.2, 0) is 4.79 Å². The molecule has 0 saturated heterocycles. The van der Waals surface area contributed by atoms with Gasteiger partial charge in [0.1, 0.15) is 5.76 Å². The Balaban J connectivity index is 1.97. The molecule has 2 rings (SSSR count). The number of aromatic nitrogens is 2. The SMILES string of the molecule is CCN(CC)C(=O)CSc1nnc(-c2ccoc2C)o1. The van der Waals surface area contributed by atoms with Crippen LogP contribution in [0.3, 0.4) is 0 Å². The number of hydrogen-bond acceptors (Lipinski definition) is 6. The molecular weight excluding hydrogens is 278 g/mol. The maximum atomic E-state index is 11.9. The van der Waals surface area contributed by atoms with Gasteiger partial charge in [-0.2, -0.15) is 0 Å². The van der Waals surface area contributed by atoms with Crippen LogP contribution >= 0.6 is 11.8 Å². The highest BCUT2D eigenvalue weighted by atomic mass is 32.2. The first-order valence-corrected chi connectivity index (χ1v) is 7.42. The van der Waals surface area contributed by atoms with Crippen molar-refractivity contribution >= 4 is 17.7 Å². The molecule has 20 heavy (non-hydrogen) atoms. The lowest BCUT2D eigenvalue weighted by Crippen LogP contribution is -2.31. The van der Waals surface area contributed by atoms with Gasteiger partial charge in [0, 0.05) is 13.1 Å². The van der Waals surface area contributed by atoms with E-state index >= 15 is 0 Å². The van der Waals surface area contributed by atoms with Gasteiger partial charge in [-0.15, -0.1) is 10.2 Å². The van der Waals surface area contributed by atoms with E-state index in [4.69, 9.17) is 8.83 Å². The molecule has 1 amide bonds. The van der Waals surface area contributed by atoms with Gasteiger partial charge in [0.15, 0.2) is 0 Å². The van der Waals surface area contributed by atoms with E-state index in [0.717, 1.165) is 11.3 Å². The van der Waals surface area contributed by atoms with E-state index < -0.39 is 0 Å². The minimum Gasteiger partial charge on any atom is -0.469 e. The number of aryl methyl sites for hydroxylation is 1. The first-order valence-electron chi connectivity index (χ1n) is 6.44. The second-order valence-electron chi connectivity index (χ2n) is 4.12. The van der Waals surface area contributed by atoms with Crippen LogP contribution in [0.25, 0.3) is 11.5 Å². The Morgan fingerprint density at radius 3 is 2.70 bits per heavy atom. The molecule has 0 aliphatic carbocycles. The molecule has 6 nitrogen and oxygen atoms in total. The summed E-state index contributed by atoms with van der Waals surface area (Å²) >= 11 is 1.25. The van der Waals surface area contributed by atoms with Crippen molar-refractivity contribution in [2.24, 2.45) is 0 Å². The smallest absolute Gasteiger partial charge is 0.277 e. The van der Waals surface area contributed by atoms with E-state index in [9.17, 15) is 4.79 Å². The number of nitrogens with zero attached hydrogens (tertiary/aromatic N) is 3. The number of carbonyl (C=O) groups excluding carboxylic acids is 1. The van der Waals surface area contributed by atoms with Gasteiger partial charge in [-0.1, -0.05) is 11.8 Å². The van der Waals surface area contributed by atoms with Crippen molar-refractivity contribution in [3.63, 3.8) is 0 Å². The Kier molecular flexibility index (Phi) is 4.84. The van der Waals surface area contributed by atoms with Gasteiger partial charge in [0.25, 0.3) is 11.1 Å². The van der Waals surface area contributed by atoms with Gasteiger partial charge in [0.05, 0.1) is 17.6 Å².